The minimum absolute atomic E-state index is 0.104. The average molecular weight is 237 g/mol. The molecule has 16 heavy (non-hydrogen) atoms. The van der Waals surface area contributed by atoms with E-state index in [2.05, 4.69) is 58.9 Å². The largest absolute Gasteiger partial charge is 0.325 e. The van der Waals surface area contributed by atoms with Crippen molar-refractivity contribution in [1.82, 2.24) is 0 Å². The lowest BCUT2D eigenvalue weighted by Crippen LogP contribution is -2.34. The van der Waals surface area contributed by atoms with Crippen molar-refractivity contribution < 1.29 is 0 Å². The van der Waals surface area contributed by atoms with Gasteiger partial charge < -0.3 is 5.73 Å². The summed E-state index contributed by atoms with van der Waals surface area (Å²) in [5, 5.41) is 0. The highest BCUT2D eigenvalue weighted by Crippen LogP contribution is 2.26. The molecule has 90 valence electrons. The number of nitrogens with two attached hydrogens (primary N) is 1. The van der Waals surface area contributed by atoms with E-state index in [1.807, 2.05) is 11.8 Å². The van der Waals surface area contributed by atoms with Gasteiger partial charge >= 0.3 is 0 Å². The normalized spacial score (nSPS) is 12.9. The maximum absolute atomic E-state index is 5.96. The van der Waals surface area contributed by atoms with Gasteiger partial charge in [0.15, 0.2) is 0 Å². The van der Waals surface area contributed by atoms with Gasteiger partial charge in [0, 0.05) is 16.2 Å². The summed E-state index contributed by atoms with van der Waals surface area (Å²) in [4.78, 5) is 1.30. The fourth-order valence-corrected chi connectivity index (χ4v) is 2.19. The Labute approximate surface area is 104 Å². The van der Waals surface area contributed by atoms with Gasteiger partial charge in [0.2, 0.25) is 0 Å². The third-order valence-electron chi connectivity index (χ3n) is 2.33. The highest BCUT2D eigenvalue weighted by molar-refractivity contribution is 7.99. The van der Waals surface area contributed by atoms with E-state index in [0.29, 0.717) is 0 Å². The van der Waals surface area contributed by atoms with Gasteiger partial charge in [-0.1, -0.05) is 32.9 Å². The summed E-state index contributed by atoms with van der Waals surface area (Å²) in [6.45, 7) is 10.8. The summed E-state index contributed by atoms with van der Waals surface area (Å²) in [5.41, 5.74) is 7.47. The van der Waals surface area contributed by atoms with Crippen LogP contribution in [-0.2, 0) is 5.41 Å². The van der Waals surface area contributed by atoms with Crippen molar-refractivity contribution in [2.24, 2.45) is 5.73 Å². The summed E-state index contributed by atoms with van der Waals surface area (Å²) in [6, 6.07) is 8.81. The molecule has 0 bridgehead atoms. The molecule has 0 atom stereocenters. The Bertz CT molecular complexity index is 327. The van der Waals surface area contributed by atoms with E-state index in [0.717, 1.165) is 5.75 Å². The molecule has 2 N–H and O–H groups in total. The molecule has 0 aliphatic heterocycles. The van der Waals surface area contributed by atoms with Gasteiger partial charge in [0.05, 0.1) is 0 Å². The van der Waals surface area contributed by atoms with Crippen molar-refractivity contribution in [2.75, 3.05) is 5.75 Å². The Morgan fingerprint density at radius 3 is 1.88 bits per heavy atom. The van der Waals surface area contributed by atoms with Crippen molar-refractivity contribution in [1.29, 1.82) is 0 Å². The minimum atomic E-state index is -0.104. The highest BCUT2D eigenvalue weighted by Gasteiger charge is 2.14. The lowest BCUT2D eigenvalue weighted by atomic mass is 9.87. The van der Waals surface area contributed by atoms with Crippen LogP contribution < -0.4 is 5.73 Å². The fraction of sp³-hybridized carbons (Fsp3) is 0.571. The summed E-state index contributed by atoms with van der Waals surface area (Å²) in [6.07, 6.45) is 0. The molecule has 0 radical (unpaired) electrons. The topological polar surface area (TPSA) is 26.0 Å². The van der Waals surface area contributed by atoms with Crippen LogP contribution in [0.2, 0.25) is 0 Å². The quantitative estimate of drug-likeness (QED) is 0.809. The second-order valence-electron chi connectivity index (χ2n) is 6.05. The molecule has 2 heteroatoms. The van der Waals surface area contributed by atoms with Crippen LogP contribution in [0.4, 0.5) is 0 Å². The second-order valence-corrected chi connectivity index (χ2v) is 7.10. The first-order chi connectivity index (χ1) is 7.18. The predicted octanol–water partition coefficient (Wildman–Crippen LogP) is 3.81. The van der Waals surface area contributed by atoms with Crippen molar-refractivity contribution >= 4 is 11.8 Å². The van der Waals surface area contributed by atoms with Crippen LogP contribution in [0.1, 0.15) is 40.2 Å². The molecule has 0 fully saturated rings. The van der Waals surface area contributed by atoms with Crippen LogP contribution in [0.5, 0.6) is 0 Å². The zero-order valence-electron chi connectivity index (χ0n) is 11.0. The van der Waals surface area contributed by atoms with Crippen LogP contribution in [0, 0.1) is 0 Å². The Morgan fingerprint density at radius 1 is 1.00 bits per heavy atom. The zero-order valence-corrected chi connectivity index (χ0v) is 11.8. The van der Waals surface area contributed by atoms with Crippen LogP contribution in [0.3, 0.4) is 0 Å². The summed E-state index contributed by atoms with van der Waals surface area (Å²) >= 11 is 1.82. The van der Waals surface area contributed by atoms with Gasteiger partial charge in [0.1, 0.15) is 0 Å². The molecular formula is C14H23NS. The Balaban J connectivity index is 2.66. The van der Waals surface area contributed by atoms with Gasteiger partial charge in [-0.15, -0.1) is 11.8 Å². The van der Waals surface area contributed by atoms with Gasteiger partial charge in [-0.2, -0.15) is 0 Å². The summed E-state index contributed by atoms with van der Waals surface area (Å²) < 4.78 is 0. The SMILES string of the molecule is CC(C)(N)CSc1ccc(C(C)(C)C)cc1. The Kier molecular flexibility index (Phi) is 4.08. The van der Waals surface area contributed by atoms with E-state index in [9.17, 15) is 0 Å². The number of benzene rings is 1. The van der Waals surface area contributed by atoms with Crippen molar-refractivity contribution in [3.63, 3.8) is 0 Å². The zero-order chi connectivity index (χ0) is 12.4. The smallest absolute Gasteiger partial charge is 0.0192 e. The minimum Gasteiger partial charge on any atom is -0.325 e. The third-order valence-corrected chi connectivity index (χ3v) is 3.83. The van der Waals surface area contributed by atoms with Gasteiger partial charge in [-0.05, 0) is 37.0 Å². The van der Waals surface area contributed by atoms with Crippen molar-refractivity contribution in [3.8, 4) is 0 Å². The second kappa shape index (κ2) is 4.80. The predicted molar refractivity (Wildman–Crippen MR) is 74.1 cm³/mol. The van der Waals surface area contributed by atoms with Gasteiger partial charge in [0.25, 0.3) is 0 Å². The molecule has 0 saturated carbocycles. The molecule has 1 rings (SSSR count). The van der Waals surface area contributed by atoms with Crippen LogP contribution in [0.25, 0.3) is 0 Å². The lowest BCUT2D eigenvalue weighted by molar-refractivity contribution is 0.588. The Hall–Kier alpha value is -0.470. The highest BCUT2D eigenvalue weighted by atomic mass is 32.2. The molecule has 0 aromatic heterocycles. The summed E-state index contributed by atoms with van der Waals surface area (Å²) in [5.74, 6) is 0.946. The first-order valence-electron chi connectivity index (χ1n) is 5.71. The number of hydrogen-bond donors (Lipinski definition) is 1. The molecule has 0 heterocycles. The Morgan fingerprint density at radius 2 is 1.50 bits per heavy atom. The van der Waals surface area contributed by atoms with E-state index in [1.54, 1.807) is 0 Å². The molecule has 1 aromatic rings. The number of thioether (sulfide) groups is 1. The first-order valence-corrected chi connectivity index (χ1v) is 6.69. The van der Waals surface area contributed by atoms with E-state index in [4.69, 9.17) is 5.73 Å². The summed E-state index contributed by atoms with van der Waals surface area (Å²) in [7, 11) is 0. The molecule has 1 nitrogen and oxygen atoms in total. The monoisotopic (exact) mass is 237 g/mol. The van der Waals surface area contributed by atoms with Gasteiger partial charge in [-0.3, -0.25) is 0 Å². The standard InChI is InChI=1S/C14H23NS/c1-13(2,3)11-6-8-12(9-7-11)16-10-14(4,5)15/h6-9H,10,15H2,1-5H3. The van der Waals surface area contributed by atoms with E-state index in [1.165, 1.54) is 10.5 Å². The molecule has 0 aliphatic carbocycles. The first kappa shape index (κ1) is 13.6. The van der Waals surface area contributed by atoms with Crippen molar-refractivity contribution in [3.05, 3.63) is 29.8 Å². The molecule has 0 spiro atoms. The molecule has 0 unspecified atom stereocenters. The van der Waals surface area contributed by atoms with E-state index in [-0.39, 0.29) is 11.0 Å². The lowest BCUT2D eigenvalue weighted by Gasteiger charge is -2.20. The van der Waals surface area contributed by atoms with Crippen LogP contribution in [-0.4, -0.2) is 11.3 Å². The van der Waals surface area contributed by atoms with Crippen molar-refractivity contribution in [2.45, 2.75) is 50.5 Å². The van der Waals surface area contributed by atoms with Crippen LogP contribution >= 0.6 is 11.8 Å². The molecular weight excluding hydrogens is 214 g/mol. The molecule has 0 saturated heterocycles. The third kappa shape index (κ3) is 4.58. The molecule has 0 amide bonds. The molecule has 0 aliphatic rings. The van der Waals surface area contributed by atoms with Crippen LogP contribution in [0.15, 0.2) is 29.2 Å². The fourth-order valence-electron chi connectivity index (χ4n) is 1.32. The number of hydrogen-bond acceptors (Lipinski definition) is 2. The average Bonchev–Trinajstić information content (AvgIpc) is 2.13. The maximum Gasteiger partial charge on any atom is 0.0192 e. The van der Waals surface area contributed by atoms with E-state index >= 15 is 0 Å². The molecule has 1 aromatic carbocycles. The van der Waals surface area contributed by atoms with E-state index < -0.39 is 0 Å². The number of rotatable bonds is 3. The maximum atomic E-state index is 5.96. The van der Waals surface area contributed by atoms with Gasteiger partial charge in [-0.25, -0.2) is 0 Å².